The molecule has 0 aliphatic heterocycles. The monoisotopic (exact) mass is 393 g/mol. The molecule has 0 aromatic heterocycles. The number of ether oxygens (including phenoxy) is 2. The van der Waals surface area contributed by atoms with E-state index in [4.69, 9.17) is 9.84 Å². The molecule has 0 atom stereocenters. The summed E-state index contributed by atoms with van der Waals surface area (Å²) < 4.78 is 33.6. The van der Waals surface area contributed by atoms with Gasteiger partial charge in [-0.25, -0.2) is 4.79 Å². The van der Waals surface area contributed by atoms with Gasteiger partial charge in [-0.1, -0.05) is 24.3 Å². The molecule has 8 heteroatoms. The van der Waals surface area contributed by atoms with Gasteiger partial charge in [0.15, 0.2) is 6.61 Å². The molecule has 150 valence electrons. The number of halogens is 2. The highest BCUT2D eigenvalue weighted by Crippen LogP contribution is 2.17. The minimum absolute atomic E-state index is 0.0564. The molecule has 0 heterocycles. The van der Waals surface area contributed by atoms with Gasteiger partial charge in [0.1, 0.15) is 11.5 Å². The van der Waals surface area contributed by atoms with E-state index in [0.29, 0.717) is 18.7 Å². The minimum atomic E-state index is -2.86. The van der Waals surface area contributed by atoms with Crippen molar-refractivity contribution in [1.82, 2.24) is 4.90 Å². The number of hydrogen-bond acceptors (Lipinski definition) is 4. The smallest absolute Gasteiger partial charge is 0.387 e. The van der Waals surface area contributed by atoms with Gasteiger partial charge in [0.25, 0.3) is 0 Å². The molecular formula is C20H21F2NO5. The first-order valence-electron chi connectivity index (χ1n) is 8.54. The third-order valence-electron chi connectivity index (χ3n) is 3.91. The molecule has 0 fully saturated rings. The second-order valence-electron chi connectivity index (χ2n) is 6.10. The van der Waals surface area contributed by atoms with Crippen molar-refractivity contribution < 1.29 is 33.0 Å². The molecule has 0 aliphatic carbocycles. The molecule has 0 unspecified atom stereocenters. The van der Waals surface area contributed by atoms with Crippen LogP contribution in [-0.2, 0) is 22.6 Å². The highest BCUT2D eigenvalue weighted by Gasteiger charge is 2.10. The molecule has 1 N–H and O–H groups in total. The number of nitrogens with zero attached hydrogens (tertiary/aromatic N) is 1. The highest BCUT2D eigenvalue weighted by atomic mass is 19.3. The van der Waals surface area contributed by atoms with Crippen LogP contribution < -0.4 is 9.47 Å². The third kappa shape index (κ3) is 7.22. The number of carbonyl (C=O) groups is 2. The Bertz CT molecular complexity index is 778. The van der Waals surface area contributed by atoms with Crippen molar-refractivity contribution in [3.8, 4) is 11.5 Å². The summed E-state index contributed by atoms with van der Waals surface area (Å²) in [5.74, 6) is -0.581. The topological polar surface area (TPSA) is 76.1 Å². The zero-order valence-corrected chi connectivity index (χ0v) is 15.3. The Balaban J connectivity index is 1.80. The average Bonchev–Trinajstić information content (AvgIpc) is 2.66. The summed E-state index contributed by atoms with van der Waals surface area (Å²) in [5, 5.41) is 8.58. The van der Waals surface area contributed by atoms with Crippen LogP contribution in [0.2, 0.25) is 0 Å². The Morgan fingerprint density at radius 1 is 1.00 bits per heavy atom. The van der Waals surface area contributed by atoms with Gasteiger partial charge in [0.2, 0.25) is 5.91 Å². The molecular weight excluding hydrogens is 372 g/mol. The number of carbonyl (C=O) groups excluding carboxylic acids is 1. The average molecular weight is 393 g/mol. The molecule has 0 saturated carbocycles. The maximum absolute atomic E-state index is 12.3. The lowest BCUT2D eigenvalue weighted by atomic mass is 10.1. The van der Waals surface area contributed by atoms with E-state index in [2.05, 4.69) is 4.74 Å². The summed E-state index contributed by atoms with van der Waals surface area (Å²) in [7, 11) is 1.69. The van der Waals surface area contributed by atoms with E-state index in [1.165, 1.54) is 12.1 Å². The maximum Gasteiger partial charge on any atom is 0.387 e. The van der Waals surface area contributed by atoms with Crippen molar-refractivity contribution in [2.45, 2.75) is 26.0 Å². The van der Waals surface area contributed by atoms with Gasteiger partial charge in [0.05, 0.1) is 0 Å². The molecule has 6 nitrogen and oxygen atoms in total. The number of carboxylic acids is 1. The van der Waals surface area contributed by atoms with E-state index >= 15 is 0 Å². The summed E-state index contributed by atoms with van der Waals surface area (Å²) >= 11 is 0. The zero-order chi connectivity index (χ0) is 20.5. The predicted octanol–water partition coefficient (Wildman–Crippen LogP) is 3.34. The first-order valence-corrected chi connectivity index (χ1v) is 8.54. The van der Waals surface area contributed by atoms with Gasteiger partial charge in [-0.2, -0.15) is 8.78 Å². The van der Waals surface area contributed by atoms with E-state index in [-0.39, 0.29) is 18.1 Å². The Morgan fingerprint density at radius 2 is 1.57 bits per heavy atom. The van der Waals surface area contributed by atoms with E-state index in [0.717, 1.165) is 11.1 Å². The first-order chi connectivity index (χ1) is 13.3. The summed E-state index contributed by atoms with van der Waals surface area (Å²) in [6, 6.07) is 13.0. The van der Waals surface area contributed by atoms with Crippen molar-refractivity contribution >= 4 is 11.9 Å². The fourth-order valence-electron chi connectivity index (χ4n) is 2.48. The molecule has 0 radical (unpaired) electrons. The fraction of sp³-hybridized carbons (Fsp3) is 0.300. The number of rotatable bonds is 10. The quantitative estimate of drug-likeness (QED) is 0.670. The molecule has 2 aromatic carbocycles. The lowest BCUT2D eigenvalue weighted by Gasteiger charge is -2.17. The molecule has 0 spiro atoms. The van der Waals surface area contributed by atoms with Gasteiger partial charge < -0.3 is 19.5 Å². The van der Waals surface area contributed by atoms with Gasteiger partial charge in [-0.15, -0.1) is 0 Å². The Morgan fingerprint density at radius 3 is 2.14 bits per heavy atom. The Labute approximate surface area is 161 Å². The number of hydrogen-bond donors (Lipinski definition) is 1. The summed E-state index contributed by atoms with van der Waals surface area (Å²) in [6.45, 7) is -2.87. The lowest BCUT2D eigenvalue weighted by molar-refractivity contribution is -0.139. The van der Waals surface area contributed by atoms with Gasteiger partial charge in [0, 0.05) is 20.0 Å². The molecule has 1 amide bonds. The number of aliphatic carboxylic acids is 1. The van der Waals surface area contributed by atoms with Gasteiger partial charge in [-0.3, -0.25) is 4.79 Å². The van der Waals surface area contributed by atoms with Crippen LogP contribution in [0.3, 0.4) is 0 Å². The molecule has 28 heavy (non-hydrogen) atoms. The van der Waals surface area contributed by atoms with E-state index in [9.17, 15) is 18.4 Å². The third-order valence-corrected chi connectivity index (χ3v) is 3.91. The second-order valence-corrected chi connectivity index (χ2v) is 6.10. The van der Waals surface area contributed by atoms with Gasteiger partial charge >= 0.3 is 12.6 Å². The number of alkyl halides is 2. The van der Waals surface area contributed by atoms with Crippen LogP contribution in [0.1, 0.15) is 17.5 Å². The van der Waals surface area contributed by atoms with E-state index in [1.54, 1.807) is 48.3 Å². The lowest BCUT2D eigenvalue weighted by Crippen LogP contribution is -2.26. The second kappa shape index (κ2) is 10.2. The van der Waals surface area contributed by atoms with Crippen LogP contribution in [0.4, 0.5) is 8.78 Å². The number of benzene rings is 2. The maximum atomic E-state index is 12.3. The summed E-state index contributed by atoms with van der Waals surface area (Å²) in [5.41, 5.74) is 1.73. The van der Waals surface area contributed by atoms with Crippen LogP contribution in [0.5, 0.6) is 11.5 Å². The standard InChI is InChI=1S/C20H21F2NO5/c1-23(12-15-4-7-16(8-5-15)27-13-19(25)26)18(24)11-6-14-2-9-17(10-3-14)28-20(21)22/h2-5,7-10,20H,6,11-13H2,1H3,(H,25,26). The number of amides is 1. The van der Waals surface area contributed by atoms with Crippen LogP contribution >= 0.6 is 0 Å². The molecule has 2 aromatic rings. The highest BCUT2D eigenvalue weighted by molar-refractivity contribution is 5.76. The molecule has 0 aliphatic rings. The predicted molar refractivity (Wildman–Crippen MR) is 97.4 cm³/mol. The van der Waals surface area contributed by atoms with E-state index in [1.807, 2.05) is 0 Å². The summed E-state index contributed by atoms with van der Waals surface area (Å²) in [4.78, 5) is 24.4. The van der Waals surface area contributed by atoms with Crippen molar-refractivity contribution in [3.05, 3.63) is 59.7 Å². The van der Waals surface area contributed by atoms with Crippen molar-refractivity contribution in [3.63, 3.8) is 0 Å². The molecule has 0 saturated heterocycles. The van der Waals surface area contributed by atoms with Gasteiger partial charge in [-0.05, 0) is 41.8 Å². The van der Waals surface area contributed by atoms with Crippen LogP contribution in [-0.4, -0.2) is 42.1 Å². The number of carboxylic acid groups (broad SMARTS) is 1. The van der Waals surface area contributed by atoms with Crippen molar-refractivity contribution in [2.24, 2.45) is 0 Å². The fourth-order valence-corrected chi connectivity index (χ4v) is 2.48. The van der Waals surface area contributed by atoms with Crippen molar-refractivity contribution in [2.75, 3.05) is 13.7 Å². The molecule has 2 rings (SSSR count). The van der Waals surface area contributed by atoms with E-state index < -0.39 is 19.2 Å². The molecule has 0 bridgehead atoms. The Hall–Kier alpha value is -3.16. The van der Waals surface area contributed by atoms with Crippen LogP contribution in [0.25, 0.3) is 0 Å². The van der Waals surface area contributed by atoms with Crippen LogP contribution in [0.15, 0.2) is 48.5 Å². The largest absolute Gasteiger partial charge is 0.482 e. The minimum Gasteiger partial charge on any atom is -0.482 e. The number of aryl methyl sites for hydroxylation is 1. The van der Waals surface area contributed by atoms with Crippen molar-refractivity contribution in [1.29, 1.82) is 0 Å². The zero-order valence-electron chi connectivity index (χ0n) is 15.3. The first kappa shape index (κ1) is 21.1. The summed E-state index contributed by atoms with van der Waals surface area (Å²) in [6.07, 6.45) is 0.769. The Kier molecular flexibility index (Phi) is 7.74. The SMILES string of the molecule is CN(Cc1ccc(OCC(=O)O)cc1)C(=O)CCc1ccc(OC(F)F)cc1. The van der Waals surface area contributed by atoms with Crippen LogP contribution in [0, 0.1) is 0 Å². The normalized spacial score (nSPS) is 10.6.